The molecule has 1 heterocycles. The Morgan fingerprint density at radius 2 is 2.14 bits per heavy atom. The van der Waals surface area contributed by atoms with Gasteiger partial charge in [0.05, 0.1) is 0 Å². The Morgan fingerprint density at radius 3 is 2.57 bits per heavy atom. The molecule has 14 heavy (non-hydrogen) atoms. The van der Waals surface area contributed by atoms with Crippen LogP contribution in [0.1, 0.15) is 26.5 Å². The summed E-state index contributed by atoms with van der Waals surface area (Å²) in [6.45, 7) is 6.11. The van der Waals surface area contributed by atoms with Crippen LogP contribution in [0.15, 0.2) is 17.2 Å². The van der Waals surface area contributed by atoms with Crippen LogP contribution in [-0.4, -0.2) is 9.73 Å². The molecule has 0 amide bonds. The maximum atomic E-state index is 13.1. The molecule has 0 unspecified atom stereocenters. The molecule has 74 valence electrons. The molecule has 1 rings (SSSR count). The van der Waals surface area contributed by atoms with Crippen molar-refractivity contribution in [2.24, 2.45) is 0 Å². The Labute approximate surface area is 87.2 Å². The van der Waals surface area contributed by atoms with Gasteiger partial charge in [-0.15, -0.1) is 11.8 Å². The second kappa shape index (κ2) is 3.97. The molecule has 4 heteroatoms. The number of hydrogen-bond donors (Lipinski definition) is 0. The fourth-order valence-corrected chi connectivity index (χ4v) is 1.89. The second-order valence-electron chi connectivity index (χ2n) is 3.83. The Morgan fingerprint density at radius 1 is 1.50 bits per heavy atom. The fourth-order valence-electron chi connectivity index (χ4n) is 0.912. The Bertz CT molecular complexity index is 377. The molecule has 1 aromatic rings. The molecule has 2 nitrogen and oxygen atoms in total. The number of rotatable bonds is 1. The molecule has 0 atom stereocenters. The average Bonchev–Trinajstić information content (AvgIpc) is 2.01. The Hall–Kier alpha value is -1.08. The minimum absolute atomic E-state index is 0.0162. The van der Waals surface area contributed by atoms with Crippen LogP contribution >= 0.6 is 11.8 Å². The zero-order chi connectivity index (χ0) is 10.8. The summed E-state index contributed by atoms with van der Waals surface area (Å²) < 4.78 is 13.1. The first-order valence-electron chi connectivity index (χ1n) is 4.17. The van der Waals surface area contributed by atoms with Gasteiger partial charge in [-0.05, 0) is 6.07 Å². The van der Waals surface area contributed by atoms with Crippen molar-refractivity contribution in [2.75, 3.05) is 0 Å². The number of thioether (sulfide) groups is 1. The van der Waals surface area contributed by atoms with Crippen molar-refractivity contribution in [1.29, 1.82) is 5.26 Å². The van der Waals surface area contributed by atoms with Gasteiger partial charge in [0.1, 0.15) is 6.07 Å². The molecule has 0 spiro atoms. The normalized spacial score (nSPS) is 11.1. The highest BCUT2D eigenvalue weighted by atomic mass is 32.2. The number of nitrogens with zero attached hydrogens (tertiary/aromatic N) is 2. The lowest BCUT2D eigenvalue weighted by Crippen LogP contribution is -2.07. The molecule has 1 aromatic heterocycles. The molecule has 0 aliphatic heterocycles. The van der Waals surface area contributed by atoms with Gasteiger partial charge < -0.3 is 0 Å². The summed E-state index contributed by atoms with van der Waals surface area (Å²) in [5, 5.41) is 8.48. The highest BCUT2D eigenvalue weighted by molar-refractivity contribution is 8.00. The van der Waals surface area contributed by atoms with Gasteiger partial charge in [-0.2, -0.15) is 5.26 Å². The van der Waals surface area contributed by atoms with Crippen LogP contribution in [0.2, 0.25) is 0 Å². The summed E-state index contributed by atoms with van der Waals surface area (Å²) in [7, 11) is 0. The highest BCUT2D eigenvalue weighted by Crippen LogP contribution is 2.31. The van der Waals surface area contributed by atoms with E-state index in [0.29, 0.717) is 0 Å². The van der Waals surface area contributed by atoms with Crippen LogP contribution in [0.3, 0.4) is 0 Å². The minimum atomic E-state index is -0.554. The molecule has 0 bridgehead atoms. The lowest BCUT2D eigenvalue weighted by atomic mass is 10.3. The first-order valence-corrected chi connectivity index (χ1v) is 4.99. The quantitative estimate of drug-likeness (QED) is 0.668. The molecule has 0 radical (unpaired) electrons. The number of hydrogen-bond acceptors (Lipinski definition) is 3. The van der Waals surface area contributed by atoms with Crippen molar-refractivity contribution in [1.82, 2.24) is 4.98 Å². The van der Waals surface area contributed by atoms with Gasteiger partial charge in [0, 0.05) is 15.8 Å². The first-order chi connectivity index (χ1) is 6.42. The number of halogens is 1. The van der Waals surface area contributed by atoms with Crippen LogP contribution in [0.4, 0.5) is 4.39 Å². The Balaban J connectivity index is 2.94. The van der Waals surface area contributed by atoms with Gasteiger partial charge in [-0.1, -0.05) is 20.8 Å². The molecule has 0 saturated heterocycles. The smallest absolute Gasteiger partial charge is 0.176 e. The summed E-state index contributed by atoms with van der Waals surface area (Å²) >= 11 is 1.52. The van der Waals surface area contributed by atoms with E-state index in [2.05, 4.69) is 4.98 Å². The molecule has 0 aliphatic carbocycles. The fraction of sp³-hybridized carbons (Fsp3) is 0.400. The van der Waals surface area contributed by atoms with Crippen molar-refractivity contribution in [3.63, 3.8) is 0 Å². The van der Waals surface area contributed by atoms with Crippen molar-refractivity contribution in [3.8, 4) is 6.07 Å². The molecular weight excluding hydrogens is 199 g/mol. The standard InChI is InChI=1S/C10H11FN2S/c1-10(2,3)14-7-4-8(11)9(5-12)13-6-7/h4,6H,1-3H3. The van der Waals surface area contributed by atoms with E-state index in [1.54, 1.807) is 6.07 Å². The Kier molecular flexibility index (Phi) is 3.12. The average molecular weight is 210 g/mol. The molecule has 0 aromatic carbocycles. The van der Waals surface area contributed by atoms with Crippen molar-refractivity contribution in [3.05, 3.63) is 23.8 Å². The summed E-state index contributed by atoms with van der Waals surface area (Å²) in [6.07, 6.45) is 1.53. The zero-order valence-corrected chi connectivity index (χ0v) is 9.15. The van der Waals surface area contributed by atoms with Gasteiger partial charge in [0.2, 0.25) is 0 Å². The molecule has 0 N–H and O–H groups in total. The topological polar surface area (TPSA) is 36.7 Å². The molecule has 0 saturated carbocycles. The lowest BCUT2D eigenvalue weighted by molar-refractivity contribution is 0.611. The lowest BCUT2D eigenvalue weighted by Gasteiger charge is -2.16. The van der Waals surface area contributed by atoms with E-state index in [4.69, 9.17) is 5.26 Å². The molecule has 0 fully saturated rings. The molecular formula is C10H11FN2S. The van der Waals surface area contributed by atoms with E-state index in [0.717, 1.165) is 4.90 Å². The first kappa shape index (κ1) is 11.0. The zero-order valence-electron chi connectivity index (χ0n) is 8.34. The molecule has 0 aliphatic rings. The van der Waals surface area contributed by atoms with E-state index in [-0.39, 0.29) is 10.4 Å². The third-order valence-electron chi connectivity index (χ3n) is 1.35. The summed E-state index contributed by atoms with van der Waals surface area (Å²) in [6, 6.07) is 3.04. The highest BCUT2D eigenvalue weighted by Gasteiger charge is 2.13. The summed E-state index contributed by atoms with van der Waals surface area (Å²) in [4.78, 5) is 4.47. The van der Waals surface area contributed by atoms with E-state index < -0.39 is 5.82 Å². The van der Waals surface area contributed by atoms with E-state index in [1.807, 2.05) is 20.8 Å². The maximum absolute atomic E-state index is 13.1. The van der Waals surface area contributed by atoms with Crippen molar-refractivity contribution in [2.45, 2.75) is 30.4 Å². The largest absolute Gasteiger partial charge is 0.241 e. The van der Waals surface area contributed by atoms with Crippen LogP contribution in [-0.2, 0) is 0 Å². The summed E-state index contributed by atoms with van der Waals surface area (Å²) in [5.74, 6) is -0.554. The van der Waals surface area contributed by atoms with E-state index in [9.17, 15) is 4.39 Å². The van der Waals surface area contributed by atoms with Gasteiger partial charge >= 0.3 is 0 Å². The van der Waals surface area contributed by atoms with Crippen LogP contribution < -0.4 is 0 Å². The van der Waals surface area contributed by atoms with E-state index >= 15 is 0 Å². The van der Waals surface area contributed by atoms with Crippen LogP contribution in [0.25, 0.3) is 0 Å². The van der Waals surface area contributed by atoms with Crippen LogP contribution in [0, 0.1) is 17.1 Å². The predicted octanol–water partition coefficient (Wildman–Crippen LogP) is 2.98. The third kappa shape index (κ3) is 3.00. The maximum Gasteiger partial charge on any atom is 0.176 e. The number of pyridine rings is 1. The third-order valence-corrected chi connectivity index (χ3v) is 2.42. The van der Waals surface area contributed by atoms with Gasteiger partial charge in [-0.3, -0.25) is 0 Å². The number of nitriles is 1. The van der Waals surface area contributed by atoms with Gasteiger partial charge in [0.15, 0.2) is 11.5 Å². The SMILES string of the molecule is CC(C)(C)Sc1cnc(C#N)c(F)c1. The second-order valence-corrected chi connectivity index (χ2v) is 5.73. The summed E-state index contributed by atoms with van der Waals surface area (Å²) in [5.41, 5.74) is -0.150. The monoisotopic (exact) mass is 210 g/mol. The van der Waals surface area contributed by atoms with Gasteiger partial charge in [-0.25, -0.2) is 9.37 Å². The number of aromatic nitrogens is 1. The van der Waals surface area contributed by atoms with Gasteiger partial charge in [0.25, 0.3) is 0 Å². The van der Waals surface area contributed by atoms with E-state index in [1.165, 1.54) is 24.0 Å². The predicted molar refractivity (Wildman–Crippen MR) is 54.5 cm³/mol. The van der Waals surface area contributed by atoms with Crippen LogP contribution in [0.5, 0.6) is 0 Å². The van der Waals surface area contributed by atoms with Crippen molar-refractivity contribution < 1.29 is 4.39 Å². The van der Waals surface area contributed by atoms with Crippen molar-refractivity contribution >= 4 is 11.8 Å². The minimum Gasteiger partial charge on any atom is -0.241 e.